The van der Waals surface area contributed by atoms with Crippen molar-refractivity contribution in [2.24, 2.45) is 5.92 Å². The molecule has 1 heterocycles. The molecule has 17 heavy (non-hydrogen) atoms. The molecule has 1 aromatic carbocycles. The van der Waals surface area contributed by atoms with Crippen molar-refractivity contribution in [3.8, 4) is 0 Å². The van der Waals surface area contributed by atoms with Gasteiger partial charge in [-0.15, -0.1) is 0 Å². The molecule has 0 aliphatic carbocycles. The standard InChI is InChI=1S/C13H17N3O/c1-10(2)8-12-15-13(17-16-12)9-14-11-6-4-3-5-7-11/h3-7,10,14H,8-9H2,1-2H3. The number of anilines is 1. The van der Waals surface area contributed by atoms with E-state index in [1.807, 2.05) is 30.3 Å². The smallest absolute Gasteiger partial charge is 0.245 e. The lowest BCUT2D eigenvalue weighted by Crippen LogP contribution is -2.00. The van der Waals surface area contributed by atoms with Gasteiger partial charge >= 0.3 is 0 Å². The van der Waals surface area contributed by atoms with E-state index < -0.39 is 0 Å². The summed E-state index contributed by atoms with van der Waals surface area (Å²) >= 11 is 0. The van der Waals surface area contributed by atoms with Crippen molar-refractivity contribution in [2.75, 3.05) is 5.32 Å². The molecule has 2 rings (SSSR count). The molecule has 0 atom stereocenters. The summed E-state index contributed by atoms with van der Waals surface area (Å²) in [6.45, 7) is 4.84. The van der Waals surface area contributed by atoms with Gasteiger partial charge in [0.15, 0.2) is 5.82 Å². The summed E-state index contributed by atoms with van der Waals surface area (Å²) < 4.78 is 5.16. The third-order valence-electron chi connectivity index (χ3n) is 2.32. The lowest BCUT2D eigenvalue weighted by molar-refractivity contribution is 0.375. The molecule has 1 N–H and O–H groups in total. The van der Waals surface area contributed by atoms with Crippen LogP contribution in [-0.2, 0) is 13.0 Å². The maximum Gasteiger partial charge on any atom is 0.245 e. The van der Waals surface area contributed by atoms with Crippen molar-refractivity contribution in [3.63, 3.8) is 0 Å². The van der Waals surface area contributed by atoms with Gasteiger partial charge in [0.2, 0.25) is 5.89 Å². The Morgan fingerprint density at radius 1 is 1.24 bits per heavy atom. The predicted molar refractivity (Wildman–Crippen MR) is 66.6 cm³/mol. The second-order valence-electron chi connectivity index (χ2n) is 4.42. The van der Waals surface area contributed by atoms with Crippen molar-refractivity contribution in [3.05, 3.63) is 42.0 Å². The van der Waals surface area contributed by atoms with Gasteiger partial charge in [-0.1, -0.05) is 37.2 Å². The zero-order valence-corrected chi connectivity index (χ0v) is 10.2. The SMILES string of the molecule is CC(C)Cc1noc(CNc2ccccc2)n1. The normalized spacial score (nSPS) is 10.8. The van der Waals surface area contributed by atoms with Crippen LogP contribution in [0.1, 0.15) is 25.6 Å². The average Bonchev–Trinajstić information content (AvgIpc) is 2.75. The minimum Gasteiger partial charge on any atom is -0.376 e. The van der Waals surface area contributed by atoms with Gasteiger partial charge in [0.1, 0.15) is 0 Å². The molecule has 0 amide bonds. The van der Waals surface area contributed by atoms with Crippen LogP contribution >= 0.6 is 0 Å². The molecule has 0 saturated carbocycles. The lowest BCUT2D eigenvalue weighted by atomic mass is 10.1. The molecule has 0 unspecified atom stereocenters. The van der Waals surface area contributed by atoms with Crippen LogP contribution in [-0.4, -0.2) is 10.1 Å². The van der Waals surface area contributed by atoms with Crippen LogP contribution in [0.5, 0.6) is 0 Å². The number of hydrogen-bond acceptors (Lipinski definition) is 4. The molecule has 0 saturated heterocycles. The van der Waals surface area contributed by atoms with E-state index in [0.29, 0.717) is 18.4 Å². The van der Waals surface area contributed by atoms with E-state index in [1.165, 1.54) is 0 Å². The van der Waals surface area contributed by atoms with Gasteiger partial charge in [-0.3, -0.25) is 0 Å². The van der Waals surface area contributed by atoms with Crippen LogP contribution < -0.4 is 5.32 Å². The highest BCUT2D eigenvalue weighted by atomic mass is 16.5. The maximum atomic E-state index is 5.16. The van der Waals surface area contributed by atoms with Crippen molar-refractivity contribution >= 4 is 5.69 Å². The van der Waals surface area contributed by atoms with E-state index in [4.69, 9.17) is 4.52 Å². The molecule has 0 radical (unpaired) electrons. The first-order valence-corrected chi connectivity index (χ1v) is 5.84. The Morgan fingerprint density at radius 3 is 2.71 bits per heavy atom. The quantitative estimate of drug-likeness (QED) is 0.859. The van der Waals surface area contributed by atoms with Gasteiger partial charge in [0.05, 0.1) is 6.54 Å². The third-order valence-corrected chi connectivity index (χ3v) is 2.32. The van der Waals surface area contributed by atoms with Crippen LogP contribution in [0.15, 0.2) is 34.9 Å². The van der Waals surface area contributed by atoms with Gasteiger partial charge in [-0.25, -0.2) is 0 Å². The Hall–Kier alpha value is -1.84. The van der Waals surface area contributed by atoms with E-state index in [1.54, 1.807) is 0 Å². The first-order valence-electron chi connectivity index (χ1n) is 5.84. The van der Waals surface area contributed by atoms with Gasteiger partial charge in [0, 0.05) is 12.1 Å². The fourth-order valence-corrected chi connectivity index (χ4v) is 1.54. The lowest BCUT2D eigenvalue weighted by Gasteiger charge is -2.01. The molecule has 4 nitrogen and oxygen atoms in total. The molecule has 0 spiro atoms. The average molecular weight is 231 g/mol. The zero-order valence-electron chi connectivity index (χ0n) is 10.2. The largest absolute Gasteiger partial charge is 0.376 e. The van der Waals surface area contributed by atoms with Crippen LogP contribution in [0, 0.1) is 5.92 Å². The van der Waals surface area contributed by atoms with E-state index in [0.717, 1.165) is 17.9 Å². The summed E-state index contributed by atoms with van der Waals surface area (Å²) in [4.78, 5) is 4.33. The number of nitrogens with zero attached hydrogens (tertiary/aromatic N) is 2. The fraction of sp³-hybridized carbons (Fsp3) is 0.385. The maximum absolute atomic E-state index is 5.16. The molecule has 0 bridgehead atoms. The molecule has 2 aromatic rings. The first kappa shape index (κ1) is 11.6. The molecule has 0 fully saturated rings. The van der Waals surface area contributed by atoms with E-state index >= 15 is 0 Å². The molecule has 0 aliphatic rings. The van der Waals surface area contributed by atoms with Gasteiger partial charge in [-0.05, 0) is 18.1 Å². The van der Waals surface area contributed by atoms with Crippen LogP contribution in [0.25, 0.3) is 0 Å². The van der Waals surface area contributed by atoms with Crippen molar-refractivity contribution < 1.29 is 4.52 Å². The minimum atomic E-state index is 0.544. The Kier molecular flexibility index (Phi) is 3.75. The van der Waals surface area contributed by atoms with Gasteiger partial charge in [-0.2, -0.15) is 4.98 Å². The molecular formula is C13H17N3O. The summed E-state index contributed by atoms with van der Waals surface area (Å²) in [6, 6.07) is 9.97. The van der Waals surface area contributed by atoms with E-state index in [-0.39, 0.29) is 0 Å². The molecule has 4 heteroatoms. The van der Waals surface area contributed by atoms with Crippen LogP contribution in [0.3, 0.4) is 0 Å². The number of benzene rings is 1. The fourth-order valence-electron chi connectivity index (χ4n) is 1.54. The third kappa shape index (κ3) is 3.59. The highest BCUT2D eigenvalue weighted by molar-refractivity contribution is 5.42. The number of nitrogens with one attached hydrogen (secondary N) is 1. The monoisotopic (exact) mass is 231 g/mol. The number of aromatic nitrogens is 2. The van der Waals surface area contributed by atoms with Gasteiger partial charge < -0.3 is 9.84 Å². The highest BCUT2D eigenvalue weighted by Gasteiger charge is 2.07. The van der Waals surface area contributed by atoms with Crippen molar-refractivity contribution in [2.45, 2.75) is 26.8 Å². The minimum absolute atomic E-state index is 0.544. The Labute approximate surface area is 101 Å². The summed E-state index contributed by atoms with van der Waals surface area (Å²) in [7, 11) is 0. The molecule has 0 aliphatic heterocycles. The highest BCUT2D eigenvalue weighted by Crippen LogP contribution is 2.08. The van der Waals surface area contributed by atoms with E-state index in [2.05, 4.69) is 29.3 Å². The molecule has 1 aromatic heterocycles. The number of hydrogen-bond donors (Lipinski definition) is 1. The summed E-state index contributed by atoms with van der Waals surface area (Å²) in [6.07, 6.45) is 0.856. The Balaban J connectivity index is 1.89. The molecular weight excluding hydrogens is 214 g/mol. The number of rotatable bonds is 5. The summed E-state index contributed by atoms with van der Waals surface area (Å²) in [5, 5.41) is 7.17. The second-order valence-corrected chi connectivity index (χ2v) is 4.42. The number of para-hydroxylation sites is 1. The van der Waals surface area contributed by atoms with Gasteiger partial charge in [0.25, 0.3) is 0 Å². The van der Waals surface area contributed by atoms with E-state index in [9.17, 15) is 0 Å². The Morgan fingerprint density at radius 2 is 2.00 bits per heavy atom. The molecule has 90 valence electrons. The van der Waals surface area contributed by atoms with Crippen LogP contribution in [0.4, 0.5) is 5.69 Å². The summed E-state index contributed by atoms with van der Waals surface area (Å²) in [5.41, 5.74) is 1.05. The zero-order chi connectivity index (χ0) is 12.1. The Bertz CT molecular complexity index is 451. The van der Waals surface area contributed by atoms with Crippen LogP contribution in [0.2, 0.25) is 0 Å². The second kappa shape index (κ2) is 5.48. The van der Waals surface area contributed by atoms with Crippen molar-refractivity contribution in [1.29, 1.82) is 0 Å². The predicted octanol–water partition coefficient (Wildman–Crippen LogP) is 2.88. The topological polar surface area (TPSA) is 51.0 Å². The summed E-state index contributed by atoms with van der Waals surface area (Å²) in [5.74, 6) is 1.96. The van der Waals surface area contributed by atoms with Crippen molar-refractivity contribution in [1.82, 2.24) is 10.1 Å². The first-order chi connectivity index (χ1) is 8.24.